The lowest BCUT2D eigenvalue weighted by Gasteiger charge is -2.20. The maximum atomic E-state index is 14.6. The van der Waals surface area contributed by atoms with Crippen LogP contribution in [0.2, 0.25) is 0 Å². The number of ether oxygens (including phenoxy) is 2. The molecule has 8 heteroatoms. The third-order valence-corrected chi connectivity index (χ3v) is 4.33. The van der Waals surface area contributed by atoms with Crippen LogP contribution < -0.4 is 0 Å². The van der Waals surface area contributed by atoms with E-state index in [4.69, 9.17) is 4.74 Å². The largest absolute Gasteiger partial charge is 0.463 e. The zero-order valence-electron chi connectivity index (χ0n) is 14.2. The van der Waals surface area contributed by atoms with Gasteiger partial charge in [-0.3, -0.25) is 4.79 Å². The van der Waals surface area contributed by atoms with Crippen molar-refractivity contribution in [2.45, 2.75) is 19.2 Å². The van der Waals surface area contributed by atoms with Crippen LogP contribution in [0.4, 0.5) is 17.6 Å². The molecular weight excluding hydrogens is 368 g/mol. The van der Waals surface area contributed by atoms with Crippen LogP contribution >= 0.6 is 0 Å². The number of hydrogen-bond acceptors (Lipinski definition) is 4. The van der Waals surface area contributed by atoms with Crippen LogP contribution in [0.3, 0.4) is 0 Å². The van der Waals surface area contributed by atoms with Crippen LogP contribution in [-0.4, -0.2) is 25.5 Å². The Balaban J connectivity index is 2.28. The number of rotatable bonds is 3. The van der Waals surface area contributed by atoms with Crippen molar-refractivity contribution in [1.82, 2.24) is 0 Å². The predicted molar refractivity (Wildman–Crippen MR) is 86.5 cm³/mol. The van der Waals surface area contributed by atoms with Gasteiger partial charge in [-0.2, -0.15) is 13.2 Å². The Morgan fingerprint density at radius 3 is 2.52 bits per heavy atom. The number of fused-ring (bicyclic) bond motifs is 1. The number of ketones is 1. The molecule has 1 aliphatic rings. The summed E-state index contributed by atoms with van der Waals surface area (Å²) in [5, 5.41) is 0. The summed E-state index contributed by atoms with van der Waals surface area (Å²) < 4.78 is 64.4. The number of alkyl halides is 3. The molecule has 0 saturated heterocycles. The lowest BCUT2D eigenvalue weighted by atomic mass is 9.89. The van der Waals surface area contributed by atoms with E-state index in [2.05, 4.69) is 4.74 Å². The molecule has 27 heavy (non-hydrogen) atoms. The first-order valence-corrected chi connectivity index (χ1v) is 7.96. The summed E-state index contributed by atoms with van der Waals surface area (Å²) >= 11 is 0. The number of Topliss-reactive ketones (excluding diaryl/α,β-unsaturated/α-hetero) is 1. The van der Waals surface area contributed by atoms with Gasteiger partial charge in [0.05, 0.1) is 31.5 Å². The minimum atomic E-state index is -4.95. The zero-order valence-corrected chi connectivity index (χ0v) is 14.2. The van der Waals surface area contributed by atoms with Gasteiger partial charge in [-0.25, -0.2) is 9.18 Å². The summed E-state index contributed by atoms with van der Waals surface area (Å²) in [6.07, 6.45) is -4.45. The molecule has 1 heterocycles. The van der Waals surface area contributed by atoms with Gasteiger partial charge in [0.1, 0.15) is 5.82 Å². The van der Waals surface area contributed by atoms with E-state index in [1.165, 1.54) is 12.1 Å². The fourth-order valence-corrected chi connectivity index (χ4v) is 3.05. The molecule has 2 aromatic carbocycles. The maximum absolute atomic E-state index is 14.6. The van der Waals surface area contributed by atoms with Crippen molar-refractivity contribution >= 4 is 11.8 Å². The second-order valence-corrected chi connectivity index (χ2v) is 5.95. The van der Waals surface area contributed by atoms with Crippen molar-refractivity contribution in [2.24, 2.45) is 0 Å². The van der Waals surface area contributed by atoms with Crippen LogP contribution in [0, 0.1) is 5.82 Å². The van der Waals surface area contributed by atoms with E-state index in [1.807, 2.05) is 0 Å². The van der Waals surface area contributed by atoms with Crippen LogP contribution in [0.1, 0.15) is 27.0 Å². The van der Waals surface area contributed by atoms with Crippen LogP contribution in [0.15, 0.2) is 30.3 Å². The smallest absolute Gasteiger partial charge is 0.417 e. The molecule has 3 rings (SSSR count). The topological polar surface area (TPSA) is 52.6 Å². The minimum Gasteiger partial charge on any atom is -0.463 e. The second kappa shape index (κ2) is 7.11. The van der Waals surface area contributed by atoms with E-state index in [0.29, 0.717) is 31.8 Å². The summed E-state index contributed by atoms with van der Waals surface area (Å²) in [5.41, 5.74) is -1.33. The van der Waals surface area contributed by atoms with E-state index >= 15 is 0 Å². The molecule has 4 nitrogen and oxygen atoms in total. The fourth-order valence-electron chi connectivity index (χ4n) is 3.05. The van der Waals surface area contributed by atoms with Crippen LogP contribution in [-0.2, 0) is 33.5 Å². The Hall–Kier alpha value is -2.74. The van der Waals surface area contributed by atoms with Gasteiger partial charge in [0.25, 0.3) is 5.78 Å². The third-order valence-electron chi connectivity index (χ3n) is 4.33. The highest BCUT2D eigenvalue weighted by atomic mass is 19.4. The molecule has 0 radical (unpaired) electrons. The van der Waals surface area contributed by atoms with Gasteiger partial charge in [-0.1, -0.05) is 18.2 Å². The molecule has 0 spiro atoms. The zero-order chi connectivity index (χ0) is 19.8. The molecular formula is C19H14F4O4. The molecule has 0 amide bonds. The van der Waals surface area contributed by atoms with E-state index in [-0.39, 0.29) is 5.56 Å². The van der Waals surface area contributed by atoms with Crippen molar-refractivity contribution in [3.05, 3.63) is 58.4 Å². The highest BCUT2D eigenvalue weighted by Crippen LogP contribution is 2.39. The molecule has 0 N–H and O–H groups in total. The van der Waals surface area contributed by atoms with Crippen molar-refractivity contribution < 1.29 is 36.6 Å². The number of benzene rings is 2. The Labute approximate surface area is 151 Å². The van der Waals surface area contributed by atoms with Gasteiger partial charge in [0.15, 0.2) is 0 Å². The van der Waals surface area contributed by atoms with Gasteiger partial charge in [0, 0.05) is 5.56 Å². The first-order valence-electron chi connectivity index (χ1n) is 7.96. The number of halogens is 4. The fraction of sp³-hybridized carbons (Fsp3) is 0.263. The molecule has 0 fully saturated rings. The molecule has 0 saturated carbocycles. The summed E-state index contributed by atoms with van der Waals surface area (Å²) in [4.78, 5) is 24.0. The first-order chi connectivity index (χ1) is 12.7. The summed E-state index contributed by atoms with van der Waals surface area (Å²) in [7, 11) is 0.866. The first kappa shape index (κ1) is 19.0. The Bertz CT molecular complexity index is 919. The quantitative estimate of drug-likeness (QED) is 0.349. The number of hydrogen-bond donors (Lipinski definition) is 0. The number of carbonyl (C=O) groups excluding carboxylic acids is 2. The van der Waals surface area contributed by atoms with E-state index < -0.39 is 40.4 Å². The van der Waals surface area contributed by atoms with Gasteiger partial charge in [-0.05, 0) is 35.2 Å². The van der Waals surface area contributed by atoms with Gasteiger partial charge < -0.3 is 9.47 Å². The molecule has 2 aromatic rings. The van der Waals surface area contributed by atoms with Crippen molar-refractivity contribution in [1.29, 1.82) is 0 Å². The molecule has 0 aliphatic carbocycles. The van der Waals surface area contributed by atoms with E-state index in [9.17, 15) is 27.2 Å². The number of carbonyl (C=O) groups is 2. The van der Waals surface area contributed by atoms with Gasteiger partial charge in [0.2, 0.25) is 0 Å². The standard InChI is InChI=1S/C19H14F4O4/c1-26-18(25)17(24)16-13(19(21,22)23)4-5-14(20)15(16)11-2-3-12-9-27-7-6-10(12)8-11/h2-5,8H,6-7,9H2,1H3. The van der Waals surface area contributed by atoms with E-state index in [0.717, 1.165) is 18.2 Å². The van der Waals surface area contributed by atoms with Crippen LogP contribution in [0.25, 0.3) is 11.1 Å². The van der Waals surface area contributed by atoms with Gasteiger partial charge in [-0.15, -0.1) is 0 Å². The highest BCUT2D eigenvalue weighted by Gasteiger charge is 2.39. The SMILES string of the molecule is COC(=O)C(=O)c1c(C(F)(F)F)ccc(F)c1-c1ccc2c(c1)CCOC2. The predicted octanol–water partition coefficient (Wildman–Crippen LogP) is 3.94. The molecule has 142 valence electrons. The lowest BCUT2D eigenvalue weighted by Crippen LogP contribution is -2.22. The average Bonchev–Trinajstić information content (AvgIpc) is 2.65. The van der Waals surface area contributed by atoms with Crippen molar-refractivity contribution in [3.8, 4) is 11.1 Å². The molecule has 0 atom stereocenters. The average molecular weight is 382 g/mol. The van der Waals surface area contributed by atoms with Crippen molar-refractivity contribution in [3.63, 3.8) is 0 Å². The molecule has 1 aliphatic heterocycles. The number of methoxy groups -OCH3 is 1. The molecule has 0 aromatic heterocycles. The highest BCUT2D eigenvalue weighted by molar-refractivity contribution is 6.42. The summed E-state index contributed by atoms with van der Waals surface area (Å²) in [6, 6.07) is 5.61. The third kappa shape index (κ3) is 3.57. The Morgan fingerprint density at radius 1 is 1.11 bits per heavy atom. The summed E-state index contributed by atoms with van der Waals surface area (Å²) in [6.45, 7) is 0.768. The van der Waals surface area contributed by atoms with Gasteiger partial charge >= 0.3 is 12.1 Å². The monoisotopic (exact) mass is 382 g/mol. The molecule has 0 bridgehead atoms. The summed E-state index contributed by atoms with van der Waals surface area (Å²) in [5.74, 6) is -4.10. The van der Waals surface area contributed by atoms with E-state index in [1.54, 1.807) is 6.07 Å². The Morgan fingerprint density at radius 2 is 1.85 bits per heavy atom. The maximum Gasteiger partial charge on any atom is 0.417 e. The normalized spacial score (nSPS) is 13.8. The molecule has 0 unspecified atom stereocenters. The Kier molecular flexibility index (Phi) is 5.01. The minimum absolute atomic E-state index is 0.0755. The second-order valence-electron chi connectivity index (χ2n) is 5.95. The number of esters is 1. The lowest BCUT2D eigenvalue weighted by molar-refractivity contribution is -0.138. The van der Waals surface area contributed by atoms with Crippen LogP contribution in [0.5, 0.6) is 0 Å². The van der Waals surface area contributed by atoms with Crippen molar-refractivity contribution in [2.75, 3.05) is 13.7 Å².